The normalized spacial score (nSPS) is 11.8. The zero-order valence-electron chi connectivity index (χ0n) is 10.2. The summed E-state index contributed by atoms with van der Waals surface area (Å²) in [6.45, 7) is -1.10. The summed E-state index contributed by atoms with van der Waals surface area (Å²) in [4.78, 5) is -0.176. The van der Waals surface area contributed by atoms with Crippen LogP contribution in [0.1, 0.15) is 12.0 Å². The second-order valence-electron chi connectivity index (χ2n) is 3.75. The van der Waals surface area contributed by atoms with Gasteiger partial charge in [0.05, 0.1) is 11.3 Å². The van der Waals surface area contributed by atoms with E-state index in [9.17, 15) is 21.6 Å². The van der Waals surface area contributed by atoms with Gasteiger partial charge < -0.3 is 5.11 Å². The van der Waals surface area contributed by atoms with Gasteiger partial charge in [-0.3, -0.25) is 0 Å². The Kier molecular flexibility index (Phi) is 5.56. The molecule has 0 aromatic heterocycles. The fourth-order valence-electron chi connectivity index (χ4n) is 1.29. The van der Waals surface area contributed by atoms with E-state index in [1.807, 2.05) is 4.72 Å². The maximum absolute atomic E-state index is 12.0. The molecule has 1 aromatic carbocycles. The Morgan fingerprint density at radius 1 is 1.30 bits per heavy atom. The predicted octanol–water partition coefficient (Wildman–Crippen LogP) is 1.26. The predicted molar refractivity (Wildman–Crippen MR) is 66.3 cm³/mol. The van der Waals surface area contributed by atoms with Crippen LogP contribution in [0.5, 0.6) is 0 Å². The molecule has 20 heavy (non-hydrogen) atoms. The van der Waals surface area contributed by atoms with Crippen molar-refractivity contribution in [2.24, 2.45) is 0 Å². The highest BCUT2D eigenvalue weighted by atomic mass is 32.2. The Labute approximate surface area is 114 Å². The van der Waals surface area contributed by atoms with E-state index in [2.05, 4.69) is 11.8 Å². The largest absolute Gasteiger partial charge is 0.390 e. The number of benzene rings is 1. The molecular formula is C12H12F3NO3S. The second kappa shape index (κ2) is 6.74. The smallest absolute Gasteiger partial charge is 0.384 e. The molecule has 0 radical (unpaired) electrons. The van der Waals surface area contributed by atoms with Crippen molar-refractivity contribution in [3.63, 3.8) is 0 Å². The summed E-state index contributed by atoms with van der Waals surface area (Å²) in [5.41, 5.74) is 0.345. The Balaban J connectivity index is 2.82. The third-order valence-electron chi connectivity index (χ3n) is 2.16. The molecule has 0 aliphatic carbocycles. The molecule has 1 rings (SSSR count). The van der Waals surface area contributed by atoms with Crippen LogP contribution in [0.3, 0.4) is 0 Å². The number of sulfonamides is 1. The molecule has 0 spiro atoms. The summed E-state index contributed by atoms with van der Waals surface area (Å²) in [6.07, 6.45) is -5.66. The molecule has 110 valence electrons. The first-order chi connectivity index (χ1) is 9.24. The van der Waals surface area contributed by atoms with Crippen LogP contribution in [0.15, 0.2) is 29.2 Å². The zero-order chi connectivity index (χ0) is 15.2. The number of rotatable bonds is 4. The van der Waals surface area contributed by atoms with Crippen LogP contribution in [0.4, 0.5) is 13.2 Å². The van der Waals surface area contributed by atoms with Crippen LogP contribution < -0.4 is 4.72 Å². The summed E-state index contributed by atoms with van der Waals surface area (Å²) < 4.78 is 61.3. The minimum Gasteiger partial charge on any atom is -0.384 e. The number of hydrogen-bond acceptors (Lipinski definition) is 3. The Morgan fingerprint density at radius 2 is 2.00 bits per heavy atom. The molecule has 0 atom stereocenters. The minimum absolute atomic E-state index is 0.176. The summed E-state index contributed by atoms with van der Waals surface area (Å²) in [6, 6.07) is 5.41. The maximum Gasteiger partial charge on any atom is 0.390 e. The monoisotopic (exact) mass is 307 g/mol. The average Bonchev–Trinajstić information content (AvgIpc) is 2.35. The SMILES string of the molecule is O=S(=O)(NCCC(F)(F)F)c1cccc(C#CCO)c1. The molecule has 0 unspecified atom stereocenters. The van der Waals surface area contributed by atoms with Crippen LogP contribution in [0.2, 0.25) is 0 Å². The minimum atomic E-state index is -4.42. The van der Waals surface area contributed by atoms with Gasteiger partial charge >= 0.3 is 6.18 Å². The molecule has 2 N–H and O–H groups in total. The molecule has 4 nitrogen and oxygen atoms in total. The molecule has 8 heteroatoms. The van der Waals surface area contributed by atoms with E-state index in [1.54, 1.807) is 0 Å². The lowest BCUT2D eigenvalue weighted by atomic mass is 10.2. The van der Waals surface area contributed by atoms with Gasteiger partial charge in [-0.15, -0.1) is 0 Å². The van der Waals surface area contributed by atoms with Crippen LogP contribution in [-0.2, 0) is 10.0 Å². The summed E-state index contributed by atoms with van der Waals surface area (Å²) in [5.74, 6) is 4.86. The number of alkyl halides is 3. The number of nitrogens with one attached hydrogen (secondary N) is 1. The van der Waals surface area contributed by atoms with E-state index in [1.165, 1.54) is 24.3 Å². The zero-order valence-corrected chi connectivity index (χ0v) is 11.1. The molecule has 0 saturated heterocycles. The molecule has 0 bridgehead atoms. The molecular weight excluding hydrogens is 295 g/mol. The molecule has 0 aliphatic rings. The third kappa shape index (κ3) is 5.61. The van der Waals surface area contributed by atoms with Crippen molar-refractivity contribution in [1.82, 2.24) is 4.72 Å². The van der Waals surface area contributed by atoms with Crippen molar-refractivity contribution in [2.45, 2.75) is 17.5 Å². The van der Waals surface area contributed by atoms with E-state index in [0.717, 1.165) is 0 Å². The van der Waals surface area contributed by atoms with Crippen LogP contribution in [0, 0.1) is 11.8 Å². The van der Waals surface area contributed by atoms with Gasteiger partial charge in [-0.2, -0.15) is 13.2 Å². The Hall–Kier alpha value is -1.56. The lowest BCUT2D eigenvalue weighted by Gasteiger charge is -2.09. The topological polar surface area (TPSA) is 66.4 Å². The molecule has 0 aliphatic heterocycles. The number of aliphatic hydroxyl groups is 1. The van der Waals surface area contributed by atoms with E-state index < -0.39 is 29.2 Å². The van der Waals surface area contributed by atoms with Crippen LogP contribution in [0.25, 0.3) is 0 Å². The molecule has 1 aromatic rings. The van der Waals surface area contributed by atoms with Gasteiger partial charge in [-0.25, -0.2) is 13.1 Å². The van der Waals surface area contributed by atoms with Crippen LogP contribution >= 0.6 is 0 Å². The Morgan fingerprint density at radius 3 is 2.60 bits per heavy atom. The first kappa shape index (κ1) is 16.5. The fraction of sp³-hybridized carbons (Fsp3) is 0.333. The van der Waals surface area contributed by atoms with Gasteiger partial charge in [-0.05, 0) is 18.2 Å². The lowest BCUT2D eigenvalue weighted by Crippen LogP contribution is -2.28. The highest BCUT2D eigenvalue weighted by Gasteiger charge is 2.27. The van der Waals surface area contributed by atoms with E-state index >= 15 is 0 Å². The molecule has 0 saturated carbocycles. The van der Waals surface area contributed by atoms with Crippen LogP contribution in [-0.4, -0.2) is 32.9 Å². The standard InChI is InChI=1S/C12H12F3NO3S/c13-12(14,15)6-7-16-20(18,19)11-5-1-3-10(9-11)4-2-8-17/h1,3,5,9,16-17H,6-8H2. The first-order valence-corrected chi connectivity index (χ1v) is 6.99. The number of hydrogen-bond donors (Lipinski definition) is 2. The summed E-state index contributed by atoms with van der Waals surface area (Å²) in [5, 5.41) is 8.54. The van der Waals surface area contributed by atoms with Crippen molar-refractivity contribution in [1.29, 1.82) is 0 Å². The molecule has 0 heterocycles. The van der Waals surface area contributed by atoms with E-state index in [-0.39, 0.29) is 11.5 Å². The van der Waals surface area contributed by atoms with Crippen molar-refractivity contribution in [3.8, 4) is 11.8 Å². The van der Waals surface area contributed by atoms with E-state index in [4.69, 9.17) is 5.11 Å². The highest BCUT2D eigenvalue weighted by molar-refractivity contribution is 7.89. The van der Waals surface area contributed by atoms with E-state index in [0.29, 0.717) is 5.56 Å². The molecule has 0 fully saturated rings. The Bertz CT molecular complexity index is 615. The first-order valence-electron chi connectivity index (χ1n) is 5.51. The molecule has 0 amide bonds. The van der Waals surface area contributed by atoms with Gasteiger partial charge in [0.15, 0.2) is 0 Å². The number of aliphatic hydroxyl groups excluding tert-OH is 1. The average molecular weight is 307 g/mol. The van der Waals surface area contributed by atoms with Crippen molar-refractivity contribution < 1.29 is 26.7 Å². The lowest BCUT2D eigenvalue weighted by molar-refractivity contribution is -0.132. The van der Waals surface area contributed by atoms with Gasteiger partial charge in [-0.1, -0.05) is 17.9 Å². The number of halogens is 3. The summed E-state index contributed by atoms with van der Waals surface area (Å²) in [7, 11) is -4.01. The maximum atomic E-state index is 12.0. The van der Waals surface area contributed by atoms with Gasteiger partial charge in [0.1, 0.15) is 6.61 Å². The fourth-order valence-corrected chi connectivity index (χ4v) is 2.37. The van der Waals surface area contributed by atoms with Crippen molar-refractivity contribution in [3.05, 3.63) is 29.8 Å². The van der Waals surface area contributed by atoms with Gasteiger partial charge in [0.2, 0.25) is 10.0 Å². The van der Waals surface area contributed by atoms with Gasteiger partial charge in [0, 0.05) is 12.1 Å². The second-order valence-corrected chi connectivity index (χ2v) is 5.52. The van der Waals surface area contributed by atoms with Gasteiger partial charge in [0.25, 0.3) is 0 Å². The van der Waals surface area contributed by atoms with Crippen molar-refractivity contribution >= 4 is 10.0 Å². The quantitative estimate of drug-likeness (QED) is 0.823. The summed E-state index contributed by atoms with van der Waals surface area (Å²) >= 11 is 0. The highest BCUT2D eigenvalue weighted by Crippen LogP contribution is 2.19. The van der Waals surface area contributed by atoms with Crippen molar-refractivity contribution in [2.75, 3.05) is 13.2 Å². The third-order valence-corrected chi connectivity index (χ3v) is 3.62.